The Morgan fingerprint density at radius 2 is 1.87 bits per heavy atom. The quantitative estimate of drug-likeness (QED) is 0.684. The Morgan fingerprint density at radius 1 is 1.17 bits per heavy atom. The smallest absolute Gasteiger partial charge is 0.253 e. The van der Waals surface area contributed by atoms with Gasteiger partial charge in [0.2, 0.25) is 0 Å². The number of aryl methyl sites for hydroxylation is 1. The number of aliphatic hydroxyl groups is 1. The molecule has 168 valence electrons. The minimum Gasteiger partial charge on any atom is -0.394 e. The summed E-state index contributed by atoms with van der Waals surface area (Å²) in [4.78, 5) is 19.9. The van der Waals surface area contributed by atoms with Crippen molar-refractivity contribution in [3.8, 4) is 0 Å². The summed E-state index contributed by atoms with van der Waals surface area (Å²) in [6.45, 7) is 13.7. The topological polar surface area (TPSA) is 65.5 Å². The molecule has 0 spiro atoms. The summed E-state index contributed by atoms with van der Waals surface area (Å²) in [5.74, 6) is 0.0467. The van der Waals surface area contributed by atoms with E-state index in [-0.39, 0.29) is 24.2 Å². The average Bonchev–Trinajstić information content (AvgIpc) is 2.77. The first-order valence-electron chi connectivity index (χ1n) is 11.0. The van der Waals surface area contributed by atoms with Crippen molar-refractivity contribution < 1.29 is 19.4 Å². The molecule has 1 atom stereocenters. The second kappa shape index (κ2) is 10.7. The highest BCUT2D eigenvalue weighted by atomic mass is 16.5. The summed E-state index contributed by atoms with van der Waals surface area (Å²) in [6, 6.07) is 7.77. The van der Waals surface area contributed by atoms with Gasteiger partial charge in [0.15, 0.2) is 0 Å². The van der Waals surface area contributed by atoms with E-state index in [1.807, 2.05) is 49.9 Å². The Hall–Kier alpha value is -1.51. The maximum absolute atomic E-state index is 13.3. The third kappa shape index (κ3) is 6.25. The van der Waals surface area contributed by atoms with Gasteiger partial charge in [0.25, 0.3) is 5.91 Å². The van der Waals surface area contributed by atoms with Gasteiger partial charge >= 0.3 is 0 Å². The number of ether oxygens (including phenoxy) is 2. The van der Waals surface area contributed by atoms with Gasteiger partial charge in [-0.25, -0.2) is 0 Å². The van der Waals surface area contributed by atoms with Crippen LogP contribution in [-0.4, -0.2) is 110 Å². The minimum atomic E-state index is -0.290. The van der Waals surface area contributed by atoms with Crippen LogP contribution in [0, 0.1) is 6.92 Å². The van der Waals surface area contributed by atoms with Crippen LogP contribution in [0.2, 0.25) is 0 Å². The number of benzene rings is 1. The van der Waals surface area contributed by atoms with Crippen LogP contribution in [0.1, 0.15) is 29.8 Å². The summed E-state index contributed by atoms with van der Waals surface area (Å²) in [6.07, 6.45) is -0.0661. The molecule has 0 bridgehead atoms. The summed E-state index contributed by atoms with van der Waals surface area (Å²) >= 11 is 0. The molecule has 1 N–H and O–H groups in total. The Labute approximate surface area is 180 Å². The van der Waals surface area contributed by atoms with Gasteiger partial charge in [-0.2, -0.15) is 0 Å². The zero-order chi connectivity index (χ0) is 21.6. The van der Waals surface area contributed by atoms with Crippen LogP contribution in [0.5, 0.6) is 0 Å². The second-order valence-electron chi connectivity index (χ2n) is 8.98. The first-order valence-corrected chi connectivity index (χ1v) is 11.0. The van der Waals surface area contributed by atoms with E-state index in [9.17, 15) is 9.90 Å². The number of nitrogens with zero attached hydrogens (tertiary/aromatic N) is 3. The lowest BCUT2D eigenvalue weighted by atomic mass is 10.0. The molecule has 0 saturated carbocycles. The predicted molar refractivity (Wildman–Crippen MR) is 117 cm³/mol. The first kappa shape index (κ1) is 23.2. The van der Waals surface area contributed by atoms with E-state index in [0.29, 0.717) is 31.8 Å². The molecular weight excluding hydrogens is 382 g/mol. The van der Waals surface area contributed by atoms with E-state index in [1.54, 1.807) is 0 Å². The second-order valence-corrected chi connectivity index (χ2v) is 8.98. The Bertz CT molecular complexity index is 674. The molecule has 7 nitrogen and oxygen atoms in total. The van der Waals surface area contributed by atoms with Gasteiger partial charge in [-0.3, -0.25) is 14.6 Å². The standard InChI is InChI=1S/C23H37N3O4/c1-19-4-6-20(7-5-19)22(28)25(9-8-24-10-13-29-14-11-24)16-21-17-26(12-15-30-21)23(2,3)18-27/h4-7,21,27H,8-18H2,1-3H3. The fraction of sp³-hybridized carbons (Fsp3) is 0.696. The van der Waals surface area contributed by atoms with E-state index < -0.39 is 0 Å². The van der Waals surface area contributed by atoms with Crippen molar-refractivity contribution in [2.24, 2.45) is 0 Å². The van der Waals surface area contributed by atoms with E-state index >= 15 is 0 Å². The molecule has 1 aromatic rings. The molecule has 30 heavy (non-hydrogen) atoms. The summed E-state index contributed by atoms with van der Waals surface area (Å²) in [5, 5.41) is 9.74. The van der Waals surface area contributed by atoms with Crippen LogP contribution in [0.3, 0.4) is 0 Å². The molecule has 0 radical (unpaired) electrons. The fourth-order valence-electron chi connectivity index (χ4n) is 3.97. The van der Waals surface area contributed by atoms with E-state index in [2.05, 4.69) is 9.80 Å². The fourth-order valence-corrected chi connectivity index (χ4v) is 3.97. The van der Waals surface area contributed by atoms with Crippen LogP contribution in [0.4, 0.5) is 0 Å². The normalized spacial score (nSPS) is 21.5. The third-order valence-electron chi connectivity index (χ3n) is 6.18. The molecule has 2 aliphatic rings. The number of carbonyl (C=O) groups is 1. The van der Waals surface area contributed by atoms with Gasteiger partial charge in [0.1, 0.15) is 0 Å². The van der Waals surface area contributed by atoms with Crippen LogP contribution in [-0.2, 0) is 9.47 Å². The lowest BCUT2D eigenvalue weighted by Gasteiger charge is -2.43. The van der Waals surface area contributed by atoms with Gasteiger partial charge < -0.3 is 19.5 Å². The molecule has 0 aromatic heterocycles. The van der Waals surface area contributed by atoms with Gasteiger partial charge in [-0.15, -0.1) is 0 Å². The first-order chi connectivity index (χ1) is 14.4. The zero-order valence-electron chi connectivity index (χ0n) is 18.7. The molecule has 1 aromatic carbocycles. The summed E-state index contributed by atoms with van der Waals surface area (Å²) in [5.41, 5.74) is 1.57. The van der Waals surface area contributed by atoms with Crippen LogP contribution in [0.15, 0.2) is 24.3 Å². The number of carbonyl (C=O) groups excluding carboxylic acids is 1. The lowest BCUT2D eigenvalue weighted by molar-refractivity contribution is -0.0802. The average molecular weight is 420 g/mol. The molecule has 2 fully saturated rings. The molecule has 2 saturated heterocycles. The van der Waals surface area contributed by atoms with Crippen molar-refractivity contribution in [3.63, 3.8) is 0 Å². The highest BCUT2D eigenvalue weighted by Gasteiger charge is 2.33. The van der Waals surface area contributed by atoms with Gasteiger partial charge in [-0.05, 0) is 32.9 Å². The molecule has 1 amide bonds. The van der Waals surface area contributed by atoms with Crippen LogP contribution in [0.25, 0.3) is 0 Å². The third-order valence-corrected chi connectivity index (χ3v) is 6.18. The van der Waals surface area contributed by atoms with Crippen LogP contribution >= 0.6 is 0 Å². The van der Waals surface area contributed by atoms with Gasteiger partial charge in [0, 0.05) is 56.9 Å². The number of morpholine rings is 2. The molecule has 7 heteroatoms. The molecule has 2 heterocycles. The SMILES string of the molecule is Cc1ccc(C(=O)N(CCN2CCOCC2)CC2CN(C(C)(C)CO)CCO2)cc1. The number of aliphatic hydroxyl groups excluding tert-OH is 1. The van der Waals surface area contributed by atoms with Crippen molar-refractivity contribution in [2.75, 3.05) is 72.2 Å². The number of hydrogen-bond donors (Lipinski definition) is 1. The highest BCUT2D eigenvalue weighted by molar-refractivity contribution is 5.94. The minimum absolute atomic E-state index is 0.0467. The molecule has 0 aliphatic carbocycles. The van der Waals surface area contributed by atoms with Crippen molar-refractivity contribution >= 4 is 5.91 Å². The van der Waals surface area contributed by atoms with Gasteiger partial charge in [0.05, 0.1) is 32.5 Å². The van der Waals surface area contributed by atoms with Crippen molar-refractivity contribution in [1.29, 1.82) is 0 Å². The molecular formula is C23H37N3O4. The largest absolute Gasteiger partial charge is 0.394 e. The van der Waals surface area contributed by atoms with E-state index in [1.165, 1.54) is 0 Å². The monoisotopic (exact) mass is 419 g/mol. The number of rotatable bonds is 8. The highest BCUT2D eigenvalue weighted by Crippen LogP contribution is 2.19. The van der Waals surface area contributed by atoms with Crippen molar-refractivity contribution in [2.45, 2.75) is 32.4 Å². The summed E-state index contributed by atoms with van der Waals surface area (Å²) in [7, 11) is 0. The van der Waals surface area contributed by atoms with E-state index in [4.69, 9.17) is 9.47 Å². The maximum Gasteiger partial charge on any atom is 0.253 e. The lowest BCUT2D eigenvalue weighted by Crippen LogP contribution is -2.57. The van der Waals surface area contributed by atoms with Crippen molar-refractivity contribution in [1.82, 2.24) is 14.7 Å². The van der Waals surface area contributed by atoms with Gasteiger partial charge in [-0.1, -0.05) is 17.7 Å². The zero-order valence-corrected chi connectivity index (χ0v) is 18.7. The predicted octanol–water partition coefficient (Wildman–Crippen LogP) is 1.24. The maximum atomic E-state index is 13.3. The van der Waals surface area contributed by atoms with Crippen LogP contribution < -0.4 is 0 Å². The Morgan fingerprint density at radius 3 is 2.53 bits per heavy atom. The van der Waals surface area contributed by atoms with Crippen molar-refractivity contribution in [3.05, 3.63) is 35.4 Å². The van der Waals surface area contributed by atoms with E-state index in [0.717, 1.165) is 45.0 Å². The number of hydrogen-bond acceptors (Lipinski definition) is 6. The summed E-state index contributed by atoms with van der Waals surface area (Å²) < 4.78 is 11.5. The Balaban J connectivity index is 1.68. The molecule has 1 unspecified atom stereocenters. The molecule has 2 aliphatic heterocycles. The number of amides is 1. The Kier molecular flexibility index (Phi) is 8.25. The molecule has 3 rings (SSSR count).